The molecule has 1 unspecified atom stereocenters. The fraction of sp³-hybridized carbons (Fsp3) is 0.269. The average molecular weight is 453 g/mol. The van der Waals surface area contributed by atoms with Crippen LogP contribution in [0.2, 0.25) is 0 Å². The minimum Gasteiger partial charge on any atom is -0.464 e. The van der Waals surface area contributed by atoms with Crippen LogP contribution in [-0.4, -0.2) is 46.5 Å². The Morgan fingerprint density at radius 2 is 1.68 bits per heavy atom. The van der Waals surface area contributed by atoms with Gasteiger partial charge < -0.3 is 10.1 Å². The van der Waals surface area contributed by atoms with Gasteiger partial charge in [-0.05, 0) is 55.3 Å². The molecule has 0 aliphatic carbocycles. The molecule has 4 rings (SSSR count). The second-order valence-corrected chi connectivity index (χ2v) is 8.01. The SMILES string of the molecule is CCOc1ncc(C(c2ccc(C#N)cc2)N2CC[C@@H](NC(=O)c3ccc(C#N)cc3)C2)cn1. The van der Waals surface area contributed by atoms with Crippen molar-refractivity contribution in [2.24, 2.45) is 0 Å². The van der Waals surface area contributed by atoms with E-state index in [-0.39, 0.29) is 18.0 Å². The van der Waals surface area contributed by atoms with Crippen molar-refractivity contribution < 1.29 is 9.53 Å². The van der Waals surface area contributed by atoms with Crippen molar-refractivity contribution in [1.29, 1.82) is 10.5 Å². The van der Waals surface area contributed by atoms with Gasteiger partial charge in [-0.3, -0.25) is 9.69 Å². The lowest BCUT2D eigenvalue weighted by molar-refractivity contribution is 0.0937. The standard InChI is InChI=1S/C26H24N6O2/c1-2-34-26-29-15-22(16-30-26)24(20-7-3-18(13-27)4-8-20)32-12-11-23(17-32)31-25(33)21-9-5-19(14-28)6-10-21/h3-10,15-16,23-24H,2,11-12,17H2,1H3,(H,31,33)/t23-,24?/m1/s1. The predicted octanol–water partition coefficient (Wildman–Crippen LogP) is 3.21. The lowest BCUT2D eigenvalue weighted by Crippen LogP contribution is -2.38. The summed E-state index contributed by atoms with van der Waals surface area (Å²) in [5.41, 5.74) is 3.57. The maximum absolute atomic E-state index is 12.7. The van der Waals surface area contributed by atoms with Crippen LogP contribution in [0.3, 0.4) is 0 Å². The summed E-state index contributed by atoms with van der Waals surface area (Å²) in [6, 6.07) is 18.5. The Hall–Kier alpha value is -4.27. The molecule has 2 atom stereocenters. The number of nitrogens with zero attached hydrogens (tertiary/aromatic N) is 5. The molecule has 0 spiro atoms. The number of carbonyl (C=O) groups is 1. The molecule has 1 aromatic heterocycles. The van der Waals surface area contributed by atoms with Crippen LogP contribution >= 0.6 is 0 Å². The molecule has 2 aromatic carbocycles. The summed E-state index contributed by atoms with van der Waals surface area (Å²) >= 11 is 0. The predicted molar refractivity (Wildman–Crippen MR) is 125 cm³/mol. The lowest BCUT2D eigenvalue weighted by Gasteiger charge is -2.28. The smallest absolute Gasteiger partial charge is 0.316 e. The number of hydrogen-bond acceptors (Lipinski definition) is 7. The molecule has 8 nitrogen and oxygen atoms in total. The van der Waals surface area contributed by atoms with E-state index in [4.69, 9.17) is 15.3 Å². The molecule has 1 fully saturated rings. The van der Waals surface area contributed by atoms with Crippen LogP contribution < -0.4 is 10.1 Å². The van der Waals surface area contributed by atoms with E-state index in [1.54, 1.807) is 48.8 Å². The second kappa shape index (κ2) is 10.6. The molecule has 1 saturated heterocycles. The topological polar surface area (TPSA) is 115 Å². The van der Waals surface area contributed by atoms with Gasteiger partial charge in [0.25, 0.3) is 5.91 Å². The van der Waals surface area contributed by atoms with Crippen LogP contribution in [0, 0.1) is 22.7 Å². The summed E-state index contributed by atoms with van der Waals surface area (Å²) in [6.45, 7) is 3.80. The molecule has 1 aliphatic rings. The summed E-state index contributed by atoms with van der Waals surface area (Å²) < 4.78 is 5.38. The normalized spacial score (nSPS) is 16.3. The lowest BCUT2D eigenvalue weighted by atomic mass is 9.98. The highest BCUT2D eigenvalue weighted by Crippen LogP contribution is 2.31. The van der Waals surface area contributed by atoms with Crippen molar-refractivity contribution in [2.75, 3.05) is 19.7 Å². The van der Waals surface area contributed by atoms with E-state index in [1.165, 1.54) is 0 Å². The highest BCUT2D eigenvalue weighted by atomic mass is 16.5. The van der Waals surface area contributed by atoms with Crippen LogP contribution in [0.15, 0.2) is 60.9 Å². The molecular formula is C26H24N6O2. The molecule has 1 aliphatic heterocycles. The van der Waals surface area contributed by atoms with E-state index >= 15 is 0 Å². The van der Waals surface area contributed by atoms with E-state index in [2.05, 4.69) is 32.3 Å². The van der Waals surface area contributed by atoms with Crippen molar-refractivity contribution in [2.45, 2.75) is 25.4 Å². The van der Waals surface area contributed by atoms with E-state index in [0.29, 0.717) is 35.9 Å². The van der Waals surface area contributed by atoms with Gasteiger partial charge in [0.15, 0.2) is 0 Å². The molecule has 0 radical (unpaired) electrons. The van der Waals surface area contributed by atoms with Crippen LogP contribution in [0.5, 0.6) is 6.01 Å². The van der Waals surface area contributed by atoms with Gasteiger partial charge in [0.05, 0.1) is 35.9 Å². The third kappa shape index (κ3) is 5.20. The van der Waals surface area contributed by atoms with Gasteiger partial charge in [0.2, 0.25) is 0 Å². The van der Waals surface area contributed by atoms with Gasteiger partial charge in [0, 0.05) is 42.7 Å². The number of amides is 1. The molecule has 8 heteroatoms. The summed E-state index contributed by atoms with van der Waals surface area (Å²) in [6.07, 6.45) is 4.33. The van der Waals surface area contributed by atoms with Gasteiger partial charge in [-0.2, -0.15) is 10.5 Å². The van der Waals surface area contributed by atoms with Gasteiger partial charge >= 0.3 is 6.01 Å². The van der Waals surface area contributed by atoms with Crippen LogP contribution in [0.4, 0.5) is 0 Å². The highest BCUT2D eigenvalue weighted by molar-refractivity contribution is 5.94. The highest BCUT2D eigenvalue weighted by Gasteiger charge is 2.31. The Balaban J connectivity index is 1.52. The zero-order valence-corrected chi connectivity index (χ0v) is 18.8. The Bertz CT molecular complexity index is 1210. The number of rotatable bonds is 7. The monoisotopic (exact) mass is 452 g/mol. The number of likely N-dealkylation sites (tertiary alicyclic amines) is 1. The number of ether oxygens (including phenoxy) is 1. The van der Waals surface area contributed by atoms with Crippen LogP contribution in [0.25, 0.3) is 0 Å². The summed E-state index contributed by atoms with van der Waals surface area (Å²) in [4.78, 5) is 23.7. The van der Waals surface area contributed by atoms with E-state index < -0.39 is 0 Å². The van der Waals surface area contributed by atoms with Gasteiger partial charge in [-0.15, -0.1) is 0 Å². The first-order valence-corrected chi connectivity index (χ1v) is 11.1. The van der Waals surface area contributed by atoms with Crippen LogP contribution in [0.1, 0.15) is 52.0 Å². The fourth-order valence-corrected chi connectivity index (χ4v) is 4.13. The Kier molecular flexibility index (Phi) is 7.12. The van der Waals surface area contributed by atoms with Gasteiger partial charge in [-0.1, -0.05) is 12.1 Å². The molecular weight excluding hydrogens is 428 g/mol. The molecule has 34 heavy (non-hydrogen) atoms. The zero-order chi connectivity index (χ0) is 23.9. The molecule has 2 heterocycles. The molecule has 0 bridgehead atoms. The first-order valence-electron chi connectivity index (χ1n) is 11.1. The first-order chi connectivity index (χ1) is 16.6. The minimum absolute atomic E-state index is 0.0207. The van der Waals surface area contributed by atoms with E-state index in [9.17, 15) is 4.79 Å². The Morgan fingerprint density at radius 1 is 1.06 bits per heavy atom. The van der Waals surface area contributed by atoms with E-state index in [0.717, 1.165) is 24.1 Å². The minimum atomic E-state index is -0.157. The summed E-state index contributed by atoms with van der Waals surface area (Å²) in [5, 5.41) is 21.2. The number of nitrogens with one attached hydrogen (secondary N) is 1. The Morgan fingerprint density at radius 3 is 2.26 bits per heavy atom. The van der Waals surface area contributed by atoms with Crippen molar-refractivity contribution in [3.63, 3.8) is 0 Å². The maximum atomic E-state index is 12.7. The molecule has 1 amide bonds. The molecule has 170 valence electrons. The number of nitriles is 2. The average Bonchev–Trinajstić information content (AvgIpc) is 3.33. The number of aromatic nitrogens is 2. The molecule has 3 aromatic rings. The third-order valence-electron chi connectivity index (χ3n) is 5.79. The van der Waals surface area contributed by atoms with E-state index in [1.807, 2.05) is 19.1 Å². The third-order valence-corrected chi connectivity index (χ3v) is 5.79. The van der Waals surface area contributed by atoms with Crippen molar-refractivity contribution in [1.82, 2.24) is 20.2 Å². The van der Waals surface area contributed by atoms with Crippen molar-refractivity contribution in [3.8, 4) is 18.1 Å². The zero-order valence-electron chi connectivity index (χ0n) is 18.8. The number of benzene rings is 2. The fourth-order valence-electron chi connectivity index (χ4n) is 4.13. The van der Waals surface area contributed by atoms with Gasteiger partial charge in [-0.25, -0.2) is 9.97 Å². The quantitative estimate of drug-likeness (QED) is 0.585. The van der Waals surface area contributed by atoms with Gasteiger partial charge in [0.1, 0.15) is 0 Å². The summed E-state index contributed by atoms with van der Waals surface area (Å²) in [5.74, 6) is -0.157. The maximum Gasteiger partial charge on any atom is 0.316 e. The largest absolute Gasteiger partial charge is 0.464 e. The number of carbonyl (C=O) groups excluding carboxylic acids is 1. The number of hydrogen-bond donors (Lipinski definition) is 1. The Labute approximate surface area is 198 Å². The van der Waals surface area contributed by atoms with Crippen molar-refractivity contribution >= 4 is 5.91 Å². The molecule has 1 N–H and O–H groups in total. The summed E-state index contributed by atoms with van der Waals surface area (Å²) in [7, 11) is 0. The first kappa shape index (κ1) is 22.9. The molecule has 0 saturated carbocycles. The second-order valence-electron chi connectivity index (χ2n) is 8.01. The van der Waals surface area contributed by atoms with Crippen LogP contribution in [-0.2, 0) is 0 Å². The van der Waals surface area contributed by atoms with Crippen molar-refractivity contribution in [3.05, 3.63) is 88.7 Å².